The minimum Gasteiger partial charge on any atom is -0.313 e. The Morgan fingerprint density at radius 3 is 2.96 bits per heavy atom. The number of pyridine rings is 1. The normalized spacial score (nSPS) is 23.2. The van der Waals surface area contributed by atoms with Crippen molar-refractivity contribution in [2.24, 2.45) is 11.8 Å². The van der Waals surface area contributed by atoms with E-state index in [0.717, 1.165) is 26.2 Å². The molecule has 3 heterocycles. The van der Waals surface area contributed by atoms with E-state index in [1.807, 2.05) is 23.6 Å². The zero-order valence-corrected chi connectivity index (χ0v) is 15.6. The van der Waals surface area contributed by atoms with Crippen molar-refractivity contribution < 1.29 is 0 Å². The number of hydrogen-bond acceptors (Lipinski definition) is 4. The lowest BCUT2D eigenvalue weighted by Gasteiger charge is -2.37. The van der Waals surface area contributed by atoms with Crippen LogP contribution in [-0.2, 0) is 13.0 Å². The van der Waals surface area contributed by atoms with Crippen molar-refractivity contribution in [3.8, 4) is 0 Å². The van der Waals surface area contributed by atoms with Gasteiger partial charge in [-0.3, -0.25) is 9.88 Å². The summed E-state index contributed by atoms with van der Waals surface area (Å²) >= 11 is 1.87. The second-order valence-corrected chi connectivity index (χ2v) is 8.26. The minimum absolute atomic E-state index is 0.649. The van der Waals surface area contributed by atoms with Crippen LogP contribution < -0.4 is 5.32 Å². The fraction of sp³-hybridized carbons (Fsp3) is 0.550. The topological polar surface area (TPSA) is 28.2 Å². The van der Waals surface area contributed by atoms with Crippen molar-refractivity contribution in [3.05, 3.63) is 52.5 Å². The molecule has 0 unspecified atom stereocenters. The van der Waals surface area contributed by atoms with E-state index in [1.54, 1.807) is 0 Å². The molecule has 3 rings (SSSR count). The van der Waals surface area contributed by atoms with E-state index in [1.165, 1.54) is 23.4 Å². The van der Waals surface area contributed by atoms with Gasteiger partial charge in [0.1, 0.15) is 0 Å². The largest absolute Gasteiger partial charge is 0.313 e. The number of nitrogens with zero attached hydrogens (tertiary/aromatic N) is 2. The Labute approximate surface area is 150 Å². The van der Waals surface area contributed by atoms with Gasteiger partial charge in [0, 0.05) is 36.8 Å². The number of rotatable bonds is 7. The highest BCUT2D eigenvalue weighted by Crippen LogP contribution is 2.19. The predicted molar refractivity (Wildman–Crippen MR) is 102 cm³/mol. The van der Waals surface area contributed by atoms with Crippen LogP contribution in [0, 0.1) is 11.8 Å². The van der Waals surface area contributed by atoms with Crippen LogP contribution >= 0.6 is 11.3 Å². The summed E-state index contributed by atoms with van der Waals surface area (Å²) in [6.45, 7) is 9.16. The van der Waals surface area contributed by atoms with Crippen LogP contribution in [0.3, 0.4) is 0 Å². The van der Waals surface area contributed by atoms with Crippen molar-refractivity contribution in [3.63, 3.8) is 0 Å². The molecule has 2 aromatic heterocycles. The number of likely N-dealkylation sites (tertiary alicyclic amines) is 1. The molecule has 0 saturated carbocycles. The molecule has 0 bridgehead atoms. The van der Waals surface area contributed by atoms with Crippen LogP contribution in [0.5, 0.6) is 0 Å². The van der Waals surface area contributed by atoms with Crippen molar-refractivity contribution in [1.82, 2.24) is 15.2 Å². The SMILES string of the molecule is C[C@H](CN[C@H]1CCN(Cc2ccccn2)C[C@H]1C)Cc1cccs1. The summed E-state index contributed by atoms with van der Waals surface area (Å²) in [5.74, 6) is 1.39. The summed E-state index contributed by atoms with van der Waals surface area (Å²) in [5.41, 5.74) is 1.18. The zero-order valence-electron chi connectivity index (χ0n) is 14.8. The van der Waals surface area contributed by atoms with Crippen molar-refractivity contribution in [1.29, 1.82) is 0 Å². The highest BCUT2D eigenvalue weighted by Gasteiger charge is 2.26. The predicted octanol–water partition coefficient (Wildman–Crippen LogP) is 3.82. The maximum absolute atomic E-state index is 4.46. The molecular weight excluding hydrogens is 314 g/mol. The Morgan fingerprint density at radius 2 is 2.25 bits per heavy atom. The first-order chi connectivity index (χ1) is 11.7. The van der Waals surface area contributed by atoms with Gasteiger partial charge >= 0.3 is 0 Å². The molecule has 3 atom stereocenters. The van der Waals surface area contributed by atoms with Gasteiger partial charge in [-0.05, 0) is 54.8 Å². The third-order valence-electron chi connectivity index (χ3n) is 4.96. The van der Waals surface area contributed by atoms with Gasteiger partial charge in [0.25, 0.3) is 0 Å². The van der Waals surface area contributed by atoms with Gasteiger partial charge in [0.15, 0.2) is 0 Å². The molecule has 2 aromatic rings. The molecule has 0 radical (unpaired) electrons. The fourth-order valence-electron chi connectivity index (χ4n) is 3.60. The number of piperidine rings is 1. The average Bonchev–Trinajstić information content (AvgIpc) is 3.08. The number of nitrogens with one attached hydrogen (secondary N) is 1. The van der Waals surface area contributed by atoms with Crippen LogP contribution in [0.15, 0.2) is 41.9 Å². The van der Waals surface area contributed by atoms with Crippen LogP contribution in [0.2, 0.25) is 0 Å². The van der Waals surface area contributed by atoms with Crippen LogP contribution in [0.1, 0.15) is 30.8 Å². The summed E-state index contributed by atoms with van der Waals surface area (Å²) in [6.07, 6.45) is 4.32. The van der Waals surface area contributed by atoms with Crippen LogP contribution in [0.4, 0.5) is 0 Å². The Hall–Kier alpha value is -1.23. The molecule has 130 valence electrons. The molecule has 1 fully saturated rings. The zero-order chi connectivity index (χ0) is 16.8. The van der Waals surface area contributed by atoms with Crippen LogP contribution in [0.25, 0.3) is 0 Å². The maximum atomic E-state index is 4.46. The van der Waals surface area contributed by atoms with Gasteiger partial charge in [0.05, 0.1) is 5.69 Å². The third kappa shape index (κ3) is 5.13. The highest BCUT2D eigenvalue weighted by molar-refractivity contribution is 7.09. The molecule has 1 N–H and O–H groups in total. The van der Waals surface area contributed by atoms with E-state index in [4.69, 9.17) is 0 Å². The quantitative estimate of drug-likeness (QED) is 0.828. The first kappa shape index (κ1) is 17.6. The van der Waals surface area contributed by atoms with E-state index >= 15 is 0 Å². The van der Waals surface area contributed by atoms with E-state index in [0.29, 0.717) is 17.9 Å². The second-order valence-electron chi connectivity index (χ2n) is 7.23. The monoisotopic (exact) mass is 343 g/mol. The van der Waals surface area contributed by atoms with E-state index in [2.05, 4.69) is 58.7 Å². The summed E-state index contributed by atoms with van der Waals surface area (Å²) < 4.78 is 0. The standard InChI is InChI=1S/C20H29N3S/c1-16(12-19-7-5-11-24-19)13-22-20-8-10-23(14-17(20)2)15-18-6-3-4-9-21-18/h3-7,9,11,16-17,20,22H,8,10,12-15H2,1-2H3/t16-,17+,20-/m0/s1. The summed E-state index contributed by atoms with van der Waals surface area (Å²) in [5, 5.41) is 6.01. The Bertz CT molecular complexity index is 584. The molecule has 0 spiro atoms. The maximum Gasteiger partial charge on any atom is 0.0543 e. The summed E-state index contributed by atoms with van der Waals surface area (Å²) in [7, 11) is 0. The smallest absolute Gasteiger partial charge is 0.0543 e. The van der Waals surface area contributed by atoms with Gasteiger partial charge in [-0.15, -0.1) is 11.3 Å². The molecular formula is C20H29N3S. The first-order valence-corrected chi connectivity index (χ1v) is 9.96. The fourth-order valence-corrected chi connectivity index (χ4v) is 4.47. The molecule has 24 heavy (non-hydrogen) atoms. The van der Waals surface area contributed by atoms with Gasteiger partial charge in [0.2, 0.25) is 0 Å². The van der Waals surface area contributed by atoms with Gasteiger partial charge in [-0.2, -0.15) is 0 Å². The second kappa shape index (κ2) is 8.75. The van der Waals surface area contributed by atoms with Gasteiger partial charge in [-0.25, -0.2) is 0 Å². The average molecular weight is 344 g/mol. The molecule has 0 aliphatic carbocycles. The molecule has 1 aliphatic rings. The number of aromatic nitrogens is 1. The van der Waals surface area contributed by atoms with E-state index < -0.39 is 0 Å². The van der Waals surface area contributed by atoms with Crippen molar-refractivity contribution >= 4 is 11.3 Å². The summed E-state index contributed by atoms with van der Waals surface area (Å²) in [6, 6.07) is 11.2. The lowest BCUT2D eigenvalue weighted by atomic mass is 9.93. The number of hydrogen-bond donors (Lipinski definition) is 1. The summed E-state index contributed by atoms with van der Waals surface area (Å²) in [4.78, 5) is 8.50. The van der Waals surface area contributed by atoms with Gasteiger partial charge < -0.3 is 5.32 Å². The molecule has 1 aliphatic heterocycles. The van der Waals surface area contributed by atoms with E-state index in [9.17, 15) is 0 Å². The lowest BCUT2D eigenvalue weighted by Crippen LogP contribution is -2.49. The molecule has 0 amide bonds. The van der Waals surface area contributed by atoms with Crippen molar-refractivity contribution in [2.75, 3.05) is 19.6 Å². The lowest BCUT2D eigenvalue weighted by molar-refractivity contribution is 0.137. The van der Waals surface area contributed by atoms with Gasteiger partial charge in [-0.1, -0.05) is 26.0 Å². The third-order valence-corrected chi connectivity index (χ3v) is 5.86. The van der Waals surface area contributed by atoms with E-state index in [-0.39, 0.29) is 0 Å². The molecule has 3 nitrogen and oxygen atoms in total. The van der Waals surface area contributed by atoms with Crippen LogP contribution in [-0.4, -0.2) is 35.6 Å². The Kier molecular flexibility index (Phi) is 6.41. The molecule has 1 saturated heterocycles. The number of thiophene rings is 1. The Balaban J connectivity index is 1.40. The first-order valence-electron chi connectivity index (χ1n) is 9.08. The Morgan fingerprint density at radius 1 is 1.33 bits per heavy atom. The molecule has 4 heteroatoms. The molecule has 0 aromatic carbocycles. The highest BCUT2D eigenvalue weighted by atomic mass is 32.1. The minimum atomic E-state index is 0.649. The van der Waals surface area contributed by atoms with Crippen molar-refractivity contribution in [2.45, 2.75) is 39.3 Å².